The minimum Gasteiger partial charge on any atom is -0.465 e. The maximum Gasteiger partial charge on any atom is 0.334 e. The van der Waals surface area contributed by atoms with Crippen molar-refractivity contribution < 1.29 is 29.0 Å². The predicted molar refractivity (Wildman–Crippen MR) is 83.8 cm³/mol. The lowest BCUT2D eigenvalue weighted by atomic mass is 9.65. The zero-order chi connectivity index (χ0) is 17.7. The number of rotatable bonds is 3. The van der Waals surface area contributed by atoms with E-state index in [9.17, 15) is 19.5 Å². The minimum atomic E-state index is -1.34. The molecule has 5 atom stereocenters. The zero-order valence-corrected chi connectivity index (χ0v) is 14.2. The molecule has 3 aliphatic rings. The normalized spacial score (nSPS) is 41.5. The van der Waals surface area contributed by atoms with Gasteiger partial charge in [0, 0.05) is 30.3 Å². The van der Waals surface area contributed by atoms with E-state index in [0.717, 1.165) is 0 Å². The molecule has 3 rings (SSSR count). The number of esters is 2. The smallest absolute Gasteiger partial charge is 0.334 e. The maximum atomic E-state index is 12.7. The summed E-state index contributed by atoms with van der Waals surface area (Å²) in [5.74, 6) is -1.55. The summed E-state index contributed by atoms with van der Waals surface area (Å²) in [6, 6.07) is 0. The lowest BCUT2D eigenvalue weighted by molar-refractivity contribution is -0.177. The van der Waals surface area contributed by atoms with Crippen molar-refractivity contribution in [3.05, 3.63) is 12.2 Å². The quantitative estimate of drug-likeness (QED) is 0.621. The summed E-state index contributed by atoms with van der Waals surface area (Å²) in [7, 11) is 0. The summed E-state index contributed by atoms with van der Waals surface area (Å²) in [5, 5.41) is 11.5. The molecule has 1 aliphatic heterocycles. The van der Waals surface area contributed by atoms with E-state index in [-0.39, 0.29) is 43.0 Å². The fraction of sp³-hybridized carbons (Fsp3) is 0.722. The van der Waals surface area contributed by atoms with E-state index in [1.54, 1.807) is 13.8 Å². The molecule has 1 N–H and O–H groups in total. The minimum absolute atomic E-state index is 0.0753. The molecular formula is C18H24O6. The van der Waals surface area contributed by atoms with Crippen LogP contribution < -0.4 is 0 Å². The molecule has 1 unspecified atom stereocenters. The monoisotopic (exact) mass is 336 g/mol. The van der Waals surface area contributed by atoms with Gasteiger partial charge in [0.1, 0.15) is 11.9 Å². The Labute approximate surface area is 141 Å². The van der Waals surface area contributed by atoms with Crippen LogP contribution in [0.2, 0.25) is 0 Å². The Balaban J connectivity index is 1.97. The summed E-state index contributed by atoms with van der Waals surface area (Å²) in [6.45, 7) is 7.29. The number of carbonyl (C=O) groups is 3. The fourth-order valence-electron chi connectivity index (χ4n) is 4.69. The first-order valence-electron chi connectivity index (χ1n) is 8.56. The number of aliphatic hydroxyl groups is 1. The average molecular weight is 336 g/mol. The third-order valence-corrected chi connectivity index (χ3v) is 6.33. The van der Waals surface area contributed by atoms with Gasteiger partial charge in [-0.1, -0.05) is 13.5 Å². The highest BCUT2D eigenvalue weighted by Gasteiger charge is 2.69. The molecule has 0 aromatic carbocycles. The van der Waals surface area contributed by atoms with Crippen molar-refractivity contribution in [3.8, 4) is 0 Å². The van der Waals surface area contributed by atoms with E-state index in [2.05, 4.69) is 6.58 Å². The number of carbonyl (C=O) groups excluding carboxylic acids is 3. The standard InChI is InChI=1S/C18H24O6/c1-4-14(20)23-9-11-5-6-12-10(2)16(21)24-15(12)17(3)13(19)7-8-18(11,17)22/h11-12,15,22H,2,4-9H2,1,3H3/t11?,12-,15+,17-,18+/m0/s1. The number of hydrogen-bond acceptors (Lipinski definition) is 6. The van der Waals surface area contributed by atoms with Crippen molar-refractivity contribution in [2.75, 3.05) is 6.61 Å². The molecule has 0 amide bonds. The molecule has 0 aromatic heterocycles. The summed E-state index contributed by atoms with van der Waals surface area (Å²) in [4.78, 5) is 36.2. The molecule has 3 fully saturated rings. The molecule has 132 valence electrons. The molecule has 2 aliphatic carbocycles. The Morgan fingerprint density at radius 2 is 2.12 bits per heavy atom. The third kappa shape index (κ3) is 2.15. The second-order valence-electron chi connectivity index (χ2n) is 7.32. The van der Waals surface area contributed by atoms with Gasteiger partial charge in [-0.15, -0.1) is 0 Å². The highest BCUT2D eigenvalue weighted by molar-refractivity contribution is 5.94. The average Bonchev–Trinajstić information content (AvgIpc) is 2.94. The Kier molecular flexibility index (Phi) is 4.06. The Morgan fingerprint density at radius 1 is 1.42 bits per heavy atom. The van der Waals surface area contributed by atoms with Crippen molar-refractivity contribution in [3.63, 3.8) is 0 Å². The van der Waals surface area contributed by atoms with Crippen LogP contribution >= 0.6 is 0 Å². The van der Waals surface area contributed by atoms with Gasteiger partial charge in [0.2, 0.25) is 0 Å². The van der Waals surface area contributed by atoms with Crippen LogP contribution in [0.1, 0.15) is 46.0 Å². The second kappa shape index (κ2) is 5.69. The highest BCUT2D eigenvalue weighted by atomic mass is 16.6. The summed E-state index contributed by atoms with van der Waals surface area (Å²) >= 11 is 0. The SMILES string of the molecule is C=C1C(=O)O[C@@H]2[C@H]1CCC(COC(=O)CC)[C@]1(O)CCC(=O)[C@@]21C. The van der Waals surface area contributed by atoms with Crippen molar-refractivity contribution in [1.82, 2.24) is 0 Å². The van der Waals surface area contributed by atoms with Crippen LogP contribution in [0.4, 0.5) is 0 Å². The number of ketones is 1. The van der Waals surface area contributed by atoms with E-state index >= 15 is 0 Å². The molecule has 0 bridgehead atoms. The molecule has 6 nitrogen and oxygen atoms in total. The topological polar surface area (TPSA) is 89.9 Å². The number of ether oxygens (including phenoxy) is 2. The molecular weight excluding hydrogens is 312 g/mol. The molecule has 0 spiro atoms. The first-order chi connectivity index (χ1) is 11.3. The van der Waals surface area contributed by atoms with Gasteiger partial charge in [0.05, 0.1) is 17.6 Å². The van der Waals surface area contributed by atoms with Crippen LogP contribution in [0.25, 0.3) is 0 Å². The molecule has 2 saturated carbocycles. The largest absolute Gasteiger partial charge is 0.465 e. The first kappa shape index (κ1) is 17.1. The Bertz CT molecular complexity index is 611. The van der Waals surface area contributed by atoms with E-state index in [1.165, 1.54) is 0 Å². The van der Waals surface area contributed by atoms with Crippen LogP contribution in [0, 0.1) is 17.3 Å². The Hall–Kier alpha value is -1.69. The molecule has 1 heterocycles. The van der Waals surface area contributed by atoms with Crippen molar-refractivity contribution >= 4 is 17.7 Å². The van der Waals surface area contributed by atoms with Gasteiger partial charge < -0.3 is 14.6 Å². The van der Waals surface area contributed by atoms with E-state index in [1.807, 2.05) is 0 Å². The lowest BCUT2D eigenvalue weighted by Gasteiger charge is -2.44. The van der Waals surface area contributed by atoms with Crippen LogP contribution in [-0.2, 0) is 23.9 Å². The van der Waals surface area contributed by atoms with Crippen LogP contribution in [0.3, 0.4) is 0 Å². The van der Waals surface area contributed by atoms with Gasteiger partial charge in [-0.05, 0) is 26.2 Å². The molecule has 24 heavy (non-hydrogen) atoms. The van der Waals surface area contributed by atoms with Gasteiger partial charge in [-0.25, -0.2) is 4.79 Å². The summed E-state index contributed by atoms with van der Waals surface area (Å²) < 4.78 is 10.7. The second-order valence-corrected chi connectivity index (χ2v) is 7.32. The van der Waals surface area contributed by atoms with E-state index in [4.69, 9.17) is 9.47 Å². The van der Waals surface area contributed by atoms with Crippen molar-refractivity contribution in [2.24, 2.45) is 17.3 Å². The van der Waals surface area contributed by atoms with Gasteiger partial charge in [0.15, 0.2) is 0 Å². The van der Waals surface area contributed by atoms with Crippen LogP contribution in [0.15, 0.2) is 12.2 Å². The fourth-order valence-corrected chi connectivity index (χ4v) is 4.69. The summed E-state index contributed by atoms with van der Waals surface area (Å²) in [5.41, 5.74) is -2.16. The van der Waals surface area contributed by atoms with Crippen LogP contribution in [0.5, 0.6) is 0 Å². The number of hydrogen-bond donors (Lipinski definition) is 1. The van der Waals surface area contributed by atoms with Gasteiger partial charge in [-0.3, -0.25) is 9.59 Å². The lowest BCUT2D eigenvalue weighted by Crippen LogP contribution is -2.57. The zero-order valence-electron chi connectivity index (χ0n) is 14.2. The third-order valence-electron chi connectivity index (χ3n) is 6.33. The highest BCUT2D eigenvalue weighted by Crippen LogP contribution is 2.58. The molecule has 0 radical (unpaired) electrons. The number of Topliss-reactive ketones (excluding diaryl/α,β-unsaturated/α-hetero) is 1. The predicted octanol–water partition coefficient (Wildman–Crippen LogP) is 1.55. The Morgan fingerprint density at radius 3 is 2.79 bits per heavy atom. The summed E-state index contributed by atoms with van der Waals surface area (Å²) in [6.07, 6.45) is 1.23. The van der Waals surface area contributed by atoms with E-state index in [0.29, 0.717) is 24.8 Å². The molecule has 1 saturated heterocycles. The van der Waals surface area contributed by atoms with E-state index < -0.39 is 23.1 Å². The van der Waals surface area contributed by atoms with Crippen molar-refractivity contribution in [1.29, 1.82) is 0 Å². The maximum absolute atomic E-state index is 12.7. The van der Waals surface area contributed by atoms with Gasteiger partial charge in [-0.2, -0.15) is 0 Å². The van der Waals surface area contributed by atoms with Gasteiger partial charge in [0.25, 0.3) is 0 Å². The van der Waals surface area contributed by atoms with Crippen LogP contribution in [-0.4, -0.2) is 41.1 Å². The molecule has 6 heteroatoms. The first-order valence-corrected chi connectivity index (χ1v) is 8.56. The van der Waals surface area contributed by atoms with Crippen molar-refractivity contribution in [2.45, 2.75) is 57.7 Å². The van der Waals surface area contributed by atoms with Gasteiger partial charge >= 0.3 is 11.9 Å². The number of fused-ring (bicyclic) bond motifs is 3. The molecule has 0 aromatic rings.